The van der Waals surface area contributed by atoms with Gasteiger partial charge in [-0.05, 0) is 205 Å². The molecule has 2 aliphatic carbocycles. The Labute approximate surface area is 470 Å². The van der Waals surface area contributed by atoms with Crippen LogP contribution in [0.1, 0.15) is 133 Å². The molecule has 75 heavy (non-hydrogen) atoms. The van der Waals surface area contributed by atoms with Crippen LogP contribution < -0.4 is 31.9 Å². The third kappa shape index (κ3) is 16.1. The number of aliphatic imine (C=N–C) groups is 1. The lowest BCUT2D eigenvalue weighted by atomic mass is 10.0. The van der Waals surface area contributed by atoms with Gasteiger partial charge in [-0.2, -0.15) is 14.9 Å². The smallest absolute Gasteiger partial charge is 0.206 e. The number of thiocarbonyl (C=S) groups is 1. The van der Waals surface area contributed by atoms with E-state index in [0.717, 1.165) is 66.9 Å². The number of nitrogens with two attached hydrogens (primary N) is 2. The Morgan fingerprint density at radius 2 is 1.19 bits per heavy atom. The number of carbonyl (C=O) groups excluding carboxylic acids is 2. The Kier molecular flexibility index (Phi) is 21.0. The minimum absolute atomic E-state index is 0. The molecule has 11 rings (SSSR count). The third-order valence-corrected chi connectivity index (χ3v) is 17.5. The van der Waals surface area contributed by atoms with E-state index in [4.69, 9.17) is 23.7 Å². The summed E-state index contributed by atoms with van der Waals surface area (Å²) in [5.74, 6) is 2.63. The second-order valence-corrected chi connectivity index (χ2v) is 23.6. The van der Waals surface area contributed by atoms with Crippen molar-refractivity contribution in [2.24, 2.45) is 10.7 Å². The Hall–Kier alpha value is -4.41. The van der Waals surface area contributed by atoms with Gasteiger partial charge in [-0.15, -0.1) is 0 Å². The molecule has 400 valence electrons. The number of likely N-dealkylation sites (tertiary alicyclic amines) is 2. The molecule has 6 N–H and O–H groups in total. The number of aromatic nitrogens is 1. The number of ketones is 2. The number of hydrogen-bond donors (Lipinski definition) is 4. The minimum atomic E-state index is -0.0526. The van der Waals surface area contributed by atoms with Crippen molar-refractivity contribution in [3.8, 4) is 0 Å². The number of carbonyl (C=O) groups is 2. The van der Waals surface area contributed by atoms with Crippen molar-refractivity contribution in [1.29, 1.82) is 0 Å². The Balaban J connectivity index is 0.000000164. The lowest BCUT2D eigenvalue weighted by molar-refractivity contribution is 0.102. The zero-order valence-electron chi connectivity index (χ0n) is 43.6. The van der Waals surface area contributed by atoms with Crippen LogP contribution >= 0.6 is 61.1 Å². The normalized spacial score (nSPS) is 18.6. The maximum Gasteiger partial charge on any atom is 0.206 e. The van der Waals surface area contributed by atoms with Crippen molar-refractivity contribution in [3.63, 3.8) is 0 Å². The molecule has 6 aliphatic rings. The SMILES string of the molecule is CCSC(N)=NC(=S)Nc1ccc(N2CCC(N3CCCC3)CC2)cc1.Nc1nc(Nc2ccc(N3CCC(N4CCCC4)CC3)cc2)sc1C(=O)c1cccc(C2CC2)c1.O=C(CBr)c1cccc(C2CC2)c1.P. The van der Waals surface area contributed by atoms with Crippen LogP contribution in [0.25, 0.3) is 0 Å². The number of Topliss-reactive ketones (excluding diaryl/α,β-unsaturated/α-hetero) is 1. The first kappa shape index (κ1) is 56.8. The monoisotopic (exact) mass is 1150 g/mol. The van der Waals surface area contributed by atoms with Crippen molar-refractivity contribution < 1.29 is 9.59 Å². The van der Waals surface area contributed by atoms with Crippen LogP contribution in [0.3, 0.4) is 0 Å². The lowest BCUT2D eigenvalue weighted by Crippen LogP contribution is -2.43. The quantitative estimate of drug-likeness (QED) is 0.0209. The largest absolute Gasteiger partial charge is 0.382 e. The molecular formula is C58H76BrN10O2PS3. The predicted molar refractivity (Wildman–Crippen MR) is 330 cm³/mol. The minimum Gasteiger partial charge on any atom is -0.382 e. The first-order valence-electron chi connectivity index (χ1n) is 26.9. The molecule has 1 aromatic heterocycles. The molecule has 4 aliphatic heterocycles. The standard InChI is InChI=1S/C28H33N5OS.C19H29N5S2.C11H11BrO.H3P/c29-27-26(25(34)21-5-3-4-20(18-21)19-6-7-19)35-28(31-27)30-22-8-10-23(11-9-22)33-16-12-24(13-17-33)32-14-1-2-15-32;1-2-26-18(20)22-19(25)21-15-5-7-16(8-6-15)24-13-9-17(10-14-24)23-11-3-4-12-23;12-7-11(13)10-3-1-2-9(6-10)8-4-5-8;/h3-5,8-11,18-19,24H,1-2,6-7,12-17,29H2,(H,30,31);5-8,17H,2-4,9-14H2,1H3,(H3,20,21,22,25);1-3,6,8H,4-5,7H2;1H3. The summed E-state index contributed by atoms with van der Waals surface area (Å²) in [5.41, 5.74) is 20.5. The van der Waals surface area contributed by atoms with Gasteiger partial charge in [-0.25, -0.2) is 4.98 Å². The zero-order valence-corrected chi connectivity index (χ0v) is 49.0. The van der Waals surface area contributed by atoms with E-state index >= 15 is 0 Å². The first-order valence-corrected chi connectivity index (χ1v) is 30.3. The highest BCUT2D eigenvalue weighted by Gasteiger charge is 2.29. The molecule has 4 saturated heterocycles. The molecule has 0 bridgehead atoms. The second kappa shape index (κ2) is 27.8. The van der Waals surface area contributed by atoms with Crippen LogP contribution in [0.2, 0.25) is 0 Å². The van der Waals surface area contributed by atoms with E-state index in [9.17, 15) is 9.59 Å². The van der Waals surface area contributed by atoms with E-state index in [1.807, 2.05) is 43.3 Å². The van der Waals surface area contributed by atoms with Gasteiger partial charge in [-0.3, -0.25) is 9.59 Å². The summed E-state index contributed by atoms with van der Waals surface area (Å²) in [6.45, 7) is 11.7. The van der Waals surface area contributed by atoms with Crippen molar-refractivity contribution in [2.75, 3.05) is 89.6 Å². The molecular weight excluding hydrogens is 1080 g/mol. The Morgan fingerprint density at radius 1 is 0.707 bits per heavy atom. The summed E-state index contributed by atoms with van der Waals surface area (Å²) in [6.07, 6.45) is 15.5. The average molecular weight is 1150 g/mol. The number of alkyl halides is 1. The fourth-order valence-electron chi connectivity index (χ4n) is 10.7. The second-order valence-electron chi connectivity index (χ2n) is 20.4. The highest BCUT2D eigenvalue weighted by molar-refractivity contribution is 9.09. The fraction of sp³-hybridized carbons (Fsp3) is 0.466. The number of amidine groups is 1. The van der Waals surface area contributed by atoms with Gasteiger partial charge in [-0.1, -0.05) is 82.4 Å². The fourth-order valence-corrected chi connectivity index (χ4v) is 12.7. The number of thiazole rings is 1. The van der Waals surface area contributed by atoms with Crippen molar-refractivity contribution in [3.05, 3.63) is 124 Å². The molecule has 0 amide bonds. The molecule has 1 unspecified atom stereocenters. The van der Waals surface area contributed by atoms with Crippen LogP contribution in [-0.2, 0) is 0 Å². The molecule has 0 radical (unpaired) electrons. The molecule has 5 aromatic rings. The molecule has 4 aromatic carbocycles. The lowest BCUT2D eigenvalue weighted by Gasteiger charge is -2.37. The van der Waals surface area contributed by atoms with Gasteiger partial charge in [0, 0.05) is 72.1 Å². The van der Waals surface area contributed by atoms with E-state index in [-0.39, 0.29) is 27.3 Å². The predicted octanol–water partition coefficient (Wildman–Crippen LogP) is 12.4. The summed E-state index contributed by atoms with van der Waals surface area (Å²) in [5, 5.41) is 8.43. The third-order valence-electron chi connectivity index (χ3n) is 15.2. The summed E-state index contributed by atoms with van der Waals surface area (Å²) >= 11 is 11.2. The highest BCUT2D eigenvalue weighted by Crippen LogP contribution is 2.41. The number of nitrogens with one attached hydrogen (secondary N) is 2. The van der Waals surface area contributed by atoms with E-state index in [2.05, 4.69) is 117 Å². The topological polar surface area (TPSA) is 148 Å². The number of benzene rings is 4. The van der Waals surface area contributed by atoms with Gasteiger partial charge in [0.1, 0.15) is 10.7 Å². The van der Waals surface area contributed by atoms with E-state index < -0.39 is 0 Å². The molecule has 6 fully saturated rings. The first-order chi connectivity index (χ1) is 36.1. The highest BCUT2D eigenvalue weighted by atomic mass is 79.9. The van der Waals surface area contributed by atoms with E-state index in [0.29, 0.717) is 37.1 Å². The van der Waals surface area contributed by atoms with Crippen LogP contribution in [0, 0.1) is 0 Å². The van der Waals surface area contributed by atoms with Gasteiger partial charge in [0.25, 0.3) is 0 Å². The summed E-state index contributed by atoms with van der Waals surface area (Å²) in [4.78, 5) is 43.9. The number of piperidine rings is 2. The number of halogens is 1. The van der Waals surface area contributed by atoms with Crippen molar-refractivity contribution in [1.82, 2.24) is 14.8 Å². The number of thioether (sulfide) groups is 1. The van der Waals surface area contributed by atoms with E-state index in [1.54, 1.807) is 0 Å². The summed E-state index contributed by atoms with van der Waals surface area (Å²) < 4.78 is 0. The van der Waals surface area contributed by atoms with Crippen LogP contribution in [0.4, 0.5) is 33.7 Å². The molecule has 12 nitrogen and oxygen atoms in total. The van der Waals surface area contributed by atoms with Crippen molar-refractivity contribution in [2.45, 2.75) is 108 Å². The number of nitrogens with zero attached hydrogens (tertiary/aromatic N) is 6. The summed E-state index contributed by atoms with van der Waals surface area (Å²) in [6, 6.07) is 34.5. The van der Waals surface area contributed by atoms with Crippen molar-refractivity contribution >= 4 is 117 Å². The average Bonchev–Trinajstić information content (AvgIpc) is 4.31. The maximum absolute atomic E-state index is 13.1. The molecule has 2 saturated carbocycles. The number of anilines is 6. The van der Waals surface area contributed by atoms with Crippen LogP contribution in [-0.4, -0.2) is 112 Å². The molecule has 17 heteroatoms. The Bertz CT molecular complexity index is 2690. The van der Waals surface area contributed by atoms with E-state index in [1.165, 1.54) is 149 Å². The van der Waals surface area contributed by atoms with Gasteiger partial charge in [0.05, 0.1) is 5.33 Å². The van der Waals surface area contributed by atoms with Crippen LogP contribution in [0.5, 0.6) is 0 Å². The zero-order chi connectivity index (χ0) is 51.4. The van der Waals surface area contributed by atoms with Gasteiger partial charge in [0.15, 0.2) is 21.2 Å². The van der Waals surface area contributed by atoms with Gasteiger partial charge in [0.2, 0.25) is 5.78 Å². The number of hydrogen-bond acceptors (Lipinski definition) is 12. The molecule has 0 spiro atoms. The number of rotatable bonds is 14. The Morgan fingerprint density at radius 3 is 1.67 bits per heavy atom. The summed E-state index contributed by atoms with van der Waals surface area (Å²) in [7, 11) is 0. The van der Waals surface area contributed by atoms with Crippen LogP contribution in [0.15, 0.2) is 102 Å². The molecule has 5 heterocycles. The van der Waals surface area contributed by atoms with Gasteiger partial charge < -0.3 is 41.7 Å². The maximum atomic E-state index is 13.1. The van der Waals surface area contributed by atoms with Gasteiger partial charge >= 0.3 is 0 Å². The molecule has 1 atom stereocenters. The number of nitrogen functional groups attached to an aromatic ring is 1.